The van der Waals surface area contributed by atoms with Crippen LogP contribution < -0.4 is 20.5 Å². The average Bonchev–Trinajstić information content (AvgIpc) is 3.21. The largest absolute Gasteiger partial charge is 0.481 e. The van der Waals surface area contributed by atoms with Gasteiger partial charge >= 0.3 is 0 Å². The van der Waals surface area contributed by atoms with Crippen LogP contribution in [0.25, 0.3) is 0 Å². The van der Waals surface area contributed by atoms with Crippen LogP contribution >= 0.6 is 0 Å². The molecule has 0 fully saturated rings. The van der Waals surface area contributed by atoms with E-state index in [1.54, 1.807) is 49.4 Å². The number of para-hydroxylation sites is 6. The van der Waals surface area contributed by atoms with Crippen LogP contribution in [-0.4, -0.2) is 40.1 Å². The molecule has 6 aromatic rings. The molecular formula is C48H50N2O8. The van der Waals surface area contributed by atoms with Gasteiger partial charge in [-0.2, -0.15) is 0 Å². The number of nitrogen functional groups attached to an aromatic ring is 1. The van der Waals surface area contributed by atoms with Gasteiger partial charge in [-0.15, -0.1) is 0 Å². The van der Waals surface area contributed by atoms with Gasteiger partial charge in [0.05, 0.1) is 17.8 Å². The molecule has 58 heavy (non-hydrogen) atoms. The Morgan fingerprint density at radius 1 is 0.586 bits per heavy atom. The summed E-state index contributed by atoms with van der Waals surface area (Å²) in [5.41, 5.74) is 9.22. The number of aliphatic hydroxyl groups excluding tert-OH is 1. The molecule has 10 heteroatoms. The minimum Gasteiger partial charge on any atom is -0.481 e. The fourth-order valence-electron chi connectivity index (χ4n) is 4.55. The summed E-state index contributed by atoms with van der Waals surface area (Å²) in [5, 5.41) is 18.2. The number of rotatable bonds is 11. The van der Waals surface area contributed by atoms with E-state index < -0.39 is 5.97 Å². The summed E-state index contributed by atoms with van der Waals surface area (Å²) in [6.45, 7) is 6.29. The molecule has 5 N–H and O–H groups in total. The Bertz CT molecular complexity index is 2140. The number of hydrogen-bond acceptors (Lipinski definition) is 9. The first-order chi connectivity index (χ1) is 27.9. The molecule has 0 saturated heterocycles. The van der Waals surface area contributed by atoms with Crippen molar-refractivity contribution < 1.29 is 38.9 Å². The Labute approximate surface area is 340 Å². The topological polar surface area (TPSA) is 165 Å². The minimum atomic E-state index is -0.833. The molecule has 0 aliphatic rings. The van der Waals surface area contributed by atoms with Gasteiger partial charge in [-0.3, -0.25) is 19.2 Å². The second-order valence-corrected chi connectivity index (χ2v) is 12.1. The van der Waals surface area contributed by atoms with Crippen LogP contribution in [0.4, 0.5) is 11.4 Å². The van der Waals surface area contributed by atoms with Crippen molar-refractivity contribution >= 4 is 34.7 Å². The number of hydrogen-bond donors (Lipinski definition) is 4. The van der Waals surface area contributed by atoms with Crippen molar-refractivity contribution in [2.24, 2.45) is 0 Å². The third-order valence-corrected chi connectivity index (χ3v) is 6.99. The first-order valence-electron chi connectivity index (χ1n) is 18.3. The van der Waals surface area contributed by atoms with Crippen LogP contribution in [-0.2, 0) is 9.59 Å². The van der Waals surface area contributed by atoms with Gasteiger partial charge in [-0.05, 0) is 69.3 Å². The fraction of sp³-hybridized carbons (Fsp3) is 0.125. The number of aliphatic hydroxyl groups is 1. The monoisotopic (exact) mass is 782 g/mol. The van der Waals surface area contributed by atoms with Crippen LogP contribution in [0.1, 0.15) is 54.8 Å². The van der Waals surface area contributed by atoms with Crippen LogP contribution in [0.3, 0.4) is 0 Å². The molecule has 6 rings (SSSR count). The summed E-state index contributed by atoms with van der Waals surface area (Å²) >= 11 is 0. The summed E-state index contributed by atoms with van der Waals surface area (Å²) in [7, 11) is 0. The SMILES string of the molecule is C/C(=C/C(=O)c1ccccc1)Nc1ccccc1Oc1ccccc1.CC(=O)CC(=O)c1ccccc1.CC(=O)O.CCO.Nc1ccccc1Oc1ccccc1. The summed E-state index contributed by atoms with van der Waals surface area (Å²) in [6, 6.07) is 52.3. The summed E-state index contributed by atoms with van der Waals surface area (Å²) in [6.07, 6.45) is 1.60. The van der Waals surface area contributed by atoms with Gasteiger partial charge in [-0.1, -0.05) is 121 Å². The zero-order valence-corrected chi connectivity index (χ0v) is 33.1. The minimum absolute atomic E-state index is 0.00398. The summed E-state index contributed by atoms with van der Waals surface area (Å²) in [5.74, 6) is 1.88. The Hall–Kier alpha value is -7.30. The molecule has 0 heterocycles. The fourth-order valence-corrected chi connectivity index (χ4v) is 4.55. The standard InChI is InChI=1S/C22H19NO2.C12H11NO.C10H10O2.C2H4O2.C2H6O/c1-17(16-21(24)18-10-4-2-5-11-18)23-20-14-8-9-15-22(20)25-19-12-6-3-7-13-19;13-11-8-4-5-9-12(11)14-10-6-2-1-3-7-10;1-8(11)7-10(12)9-5-3-2-4-6-9;1-2(3)4;1-2-3/h2-16,23H,1H3;1-9H,13H2;2-6H,7H2,1H3;1H3,(H,3,4);3H,2H2,1H3/b17-16-;;;;. The molecule has 0 radical (unpaired) electrons. The van der Waals surface area contributed by atoms with Crippen LogP contribution in [0.5, 0.6) is 23.0 Å². The second kappa shape index (κ2) is 27.3. The first kappa shape index (κ1) is 46.9. The highest BCUT2D eigenvalue weighted by atomic mass is 16.5. The van der Waals surface area contributed by atoms with Gasteiger partial charge < -0.3 is 30.7 Å². The number of nitrogens with one attached hydrogen (secondary N) is 1. The molecule has 300 valence electrons. The number of ketones is 3. The van der Waals surface area contributed by atoms with Crippen molar-refractivity contribution in [2.45, 2.75) is 34.1 Å². The second-order valence-electron chi connectivity index (χ2n) is 12.1. The third kappa shape index (κ3) is 19.9. The van der Waals surface area contributed by atoms with E-state index in [0.29, 0.717) is 28.3 Å². The molecule has 0 saturated carbocycles. The lowest BCUT2D eigenvalue weighted by atomic mass is 10.1. The molecule has 0 spiro atoms. The van der Waals surface area contributed by atoms with Crippen molar-refractivity contribution in [3.05, 3.63) is 193 Å². The molecule has 0 aromatic heterocycles. The number of carboxylic acid groups (broad SMARTS) is 1. The Morgan fingerprint density at radius 2 is 0.966 bits per heavy atom. The number of aliphatic carboxylic acids is 1. The Morgan fingerprint density at radius 3 is 1.43 bits per heavy atom. The zero-order chi connectivity index (χ0) is 42.5. The normalized spacial score (nSPS) is 9.78. The quantitative estimate of drug-likeness (QED) is 0.0430. The number of carbonyl (C=O) groups is 4. The number of ether oxygens (including phenoxy) is 2. The van der Waals surface area contributed by atoms with Crippen LogP contribution in [0, 0.1) is 0 Å². The lowest BCUT2D eigenvalue weighted by molar-refractivity contribution is -0.134. The number of benzene rings is 6. The lowest BCUT2D eigenvalue weighted by Crippen LogP contribution is -2.04. The molecule has 0 atom stereocenters. The van der Waals surface area contributed by atoms with E-state index >= 15 is 0 Å². The Kier molecular flexibility index (Phi) is 22.1. The van der Waals surface area contributed by atoms with Gasteiger partial charge in [0.1, 0.15) is 23.0 Å². The first-order valence-corrected chi connectivity index (χ1v) is 18.3. The van der Waals surface area contributed by atoms with E-state index in [1.165, 1.54) is 6.92 Å². The lowest BCUT2D eigenvalue weighted by Gasteiger charge is -2.13. The van der Waals surface area contributed by atoms with Crippen molar-refractivity contribution in [1.29, 1.82) is 0 Å². The van der Waals surface area contributed by atoms with E-state index in [0.717, 1.165) is 29.8 Å². The number of nitrogens with two attached hydrogens (primary N) is 1. The molecule has 0 aliphatic heterocycles. The van der Waals surface area contributed by atoms with E-state index in [-0.39, 0.29) is 30.4 Å². The molecule has 0 unspecified atom stereocenters. The zero-order valence-electron chi connectivity index (χ0n) is 33.1. The highest BCUT2D eigenvalue weighted by Crippen LogP contribution is 2.30. The average molecular weight is 783 g/mol. The molecule has 10 nitrogen and oxygen atoms in total. The van der Waals surface area contributed by atoms with Gasteiger partial charge in [0.15, 0.2) is 17.3 Å². The van der Waals surface area contributed by atoms with Crippen molar-refractivity contribution in [3.8, 4) is 23.0 Å². The number of anilines is 2. The summed E-state index contributed by atoms with van der Waals surface area (Å²) in [4.78, 5) is 43.1. The number of Topliss-reactive ketones (excluding diaryl/α,β-unsaturated/α-hetero) is 2. The summed E-state index contributed by atoms with van der Waals surface area (Å²) < 4.78 is 11.5. The van der Waals surface area contributed by atoms with Crippen LogP contribution in [0.15, 0.2) is 182 Å². The molecule has 6 aromatic carbocycles. The number of carboxylic acids is 1. The highest BCUT2D eigenvalue weighted by Gasteiger charge is 2.08. The van der Waals surface area contributed by atoms with E-state index in [1.807, 2.05) is 140 Å². The smallest absolute Gasteiger partial charge is 0.300 e. The van der Waals surface area contributed by atoms with Crippen molar-refractivity contribution in [1.82, 2.24) is 0 Å². The number of carbonyl (C=O) groups excluding carboxylic acids is 3. The van der Waals surface area contributed by atoms with Gasteiger partial charge in [-0.25, -0.2) is 0 Å². The predicted octanol–water partition coefficient (Wildman–Crippen LogP) is 10.7. The maximum absolute atomic E-state index is 12.3. The van der Waals surface area contributed by atoms with Crippen molar-refractivity contribution in [2.75, 3.05) is 17.7 Å². The maximum Gasteiger partial charge on any atom is 0.300 e. The van der Waals surface area contributed by atoms with E-state index in [2.05, 4.69) is 5.32 Å². The van der Waals surface area contributed by atoms with Crippen LogP contribution in [0.2, 0.25) is 0 Å². The molecular weight excluding hydrogens is 733 g/mol. The number of allylic oxidation sites excluding steroid dienone is 2. The molecule has 0 aliphatic carbocycles. The highest BCUT2D eigenvalue weighted by molar-refractivity contribution is 6.07. The molecule has 0 bridgehead atoms. The van der Waals surface area contributed by atoms with E-state index in [9.17, 15) is 14.4 Å². The third-order valence-electron chi connectivity index (χ3n) is 6.99. The van der Waals surface area contributed by atoms with E-state index in [4.69, 9.17) is 30.2 Å². The van der Waals surface area contributed by atoms with Gasteiger partial charge in [0.2, 0.25) is 0 Å². The predicted molar refractivity (Wildman–Crippen MR) is 231 cm³/mol. The maximum atomic E-state index is 12.3. The molecule has 0 amide bonds. The van der Waals surface area contributed by atoms with Gasteiger partial charge in [0.25, 0.3) is 5.97 Å². The van der Waals surface area contributed by atoms with Crippen molar-refractivity contribution in [3.63, 3.8) is 0 Å². The Balaban J connectivity index is 0.000000297. The van der Waals surface area contributed by atoms with Gasteiger partial charge in [0, 0.05) is 36.4 Å².